The summed E-state index contributed by atoms with van der Waals surface area (Å²) in [4.78, 5) is 1.93. The summed E-state index contributed by atoms with van der Waals surface area (Å²) in [5.41, 5.74) is 0.503. The van der Waals surface area contributed by atoms with E-state index in [4.69, 9.17) is 0 Å². The van der Waals surface area contributed by atoms with Gasteiger partial charge >= 0.3 is 0 Å². The van der Waals surface area contributed by atoms with Crippen molar-refractivity contribution in [2.24, 2.45) is 0 Å². The fraction of sp³-hybridized carbons (Fsp3) is 0.500. The van der Waals surface area contributed by atoms with Crippen LogP contribution in [0.15, 0.2) is 18.2 Å². The van der Waals surface area contributed by atoms with Gasteiger partial charge in [0, 0.05) is 19.2 Å². The van der Waals surface area contributed by atoms with E-state index in [0.717, 1.165) is 18.9 Å². The van der Waals surface area contributed by atoms with Crippen LogP contribution in [0.1, 0.15) is 25.7 Å². The number of halogens is 2. The highest BCUT2D eigenvalue weighted by molar-refractivity contribution is 5.48. The van der Waals surface area contributed by atoms with Crippen molar-refractivity contribution < 1.29 is 8.78 Å². The van der Waals surface area contributed by atoms with Crippen molar-refractivity contribution in [3.05, 3.63) is 29.8 Å². The number of nitrogens with zero attached hydrogens (tertiary/aromatic N) is 1. The lowest BCUT2D eigenvalue weighted by Gasteiger charge is -2.26. The van der Waals surface area contributed by atoms with E-state index in [9.17, 15) is 8.78 Å². The summed E-state index contributed by atoms with van der Waals surface area (Å²) in [6.07, 6.45) is 4.62. The Bertz CT molecular complexity index is 345. The molecule has 3 heteroatoms. The van der Waals surface area contributed by atoms with Crippen LogP contribution in [0, 0.1) is 11.6 Å². The third-order valence-electron chi connectivity index (χ3n) is 3.16. The topological polar surface area (TPSA) is 3.24 Å². The highest BCUT2D eigenvalue weighted by Crippen LogP contribution is 2.28. The van der Waals surface area contributed by atoms with Crippen LogP contribution < -0.4 is 4.90 Å². The van der Waals surface area contributed by atoms with Crippen molar-refractivity contribution in [3.8, 4) is 0 Å². The van der Waals surface area contributed by atoms with E-state index in [1.165, 1.54) is 25.0 Å². The first-order chi connectivity index (χ1) is 7.18. The van der Waals surface area contributed by atoms with Crippen molar-refractivity contribution in [3.63, 3.8) is 0 Å². The SMILES string of the molecule is CN(c1ccc(F)cc1F)C1CCCC1. The molecule has 82 valence electrons. The molecule has 0 aromatic heterocycles. The first-order valence-corrected chi connectivity index (χ1v) is 5.36. The number of anilines is 1. The number of rotatable bonds is 2. The summed E-state index contributed by atoms with van der Waals surface area (Å²) in [5.74, 6) is -0.986. The van der Waals surface area contributed by atoms with Crippen LogP contribution in [0.3, 0.4) is 0 Å². The Kier molecular flexibility index (Phi) is 2.89. The molecule has 0 unspecified atom stereocenters. The smallest absolute Gasteiger partial charge is 0.149 e. The van der Waals surface area contributed by atoms with Crippen LogP contribution in [0.4, 0.5) is 14.5 Å². The Morgan fingerprint density at radius 3 is 2.47 bits per heavy atom. The van der Waals surface area contributed by atoms with Gasteiger partial charge in [-0.15, -0.1) is 0 Å². The van der Waals surface area contributed by atoms with Gasteiger partial charge in [-0.25, -0.2) is 8.78 Å². The minimum Gasteiger partial charge on any atom is -0.369 e. The maximum atomic E-state index is 13.5. The molecule has 2 rings (SSSR count). The molecule has 0 N–H and O–H groups in total. The molecular weight excluding hydrogens is 196 g/mol. The zero-order valence-electron chi connectivity index (χ0n) is 8.84. The Morgan fingerprint density at radius 1 is 1.20 bits per heavy atom. The third kappa shape index (κ3) is 2.11. The summed E-state index contributed by atoms with van der Waals surface area (Å²) in [7, 11) is 1.88. The van der Waals surface area contributed by atoms with Gasteiger partial charge < -0.3 is 4.90 Å². The standard InChI is InChI=1S/C12H15F2N/c1-15(10-4-2-3-5-10)12-7-6-9(13)8-11(12)14/h6-8,10H,2-5H2,1H3. The lowest BCUT2D eigenvalue weighted by atomic mass is 10.2. The molecule has 0 saturated heterocycles. The number of hydrogen-bond acceptors (Lipinski definition) is 1. The summed E-state index contributed by atoms with van der Waals surface area (Å²) in [5, 5.41) is 0. The van der Waals surface area contributed by atoms with Gasteiger partial charge in [-0.05, 0) is 25.0 Å². The van der Waals surface area contributed by atoms with E-state index in [0.29, 0.717) is 11.7 Å². The molecule has 0 heterocycles. The highest BCUT2D eigenvalue weighted by atomic mass is 19.1. The van der Waals surface area contributed by atoms with Crippen molar-refractivity contribution in [2.75, 3.05) is 11.9 Å². The van der Waals surface area contributed by atoms with E-state index in [1.54, 1.807) is 0 Å². The van der Waals surface area contributed by atoms with Gasteiger partial charge in [0.05, 0.1) is 5.69 Å². The predicted molar refractivity (Wildman–Crippen MR) is 57.0 cm³/mol. The maximum absolute atomic E-state index is 13.5. The van der Waals surface area contributed by atoms with Gasteiger partial charge in [-0.3, -0.25) is 0 Å². The van der Waals surface area contributed by atoms with E-state index in [1.807, 2.05) is 11.9 Å². The van der Waals surface area contributed by atoms with Gasteiger partial charge in [0.25, 0.3) is 0 Å². The second-order valence-corrected chi connectivity index (χ2v) is 4.14. The molecule has 0 radical (unpaired) electrons. The minimum absolute atomic E-state index is 0.407. The van der Waals surface area contributed by atoms with Crippen molar-refractivity contribution >= 4 is 5.69 Å². The first kappa shape index (κ1) is 10.4. The lowest BCUT2D eigenvalue weighted by molar-refractivity contribution is 0.569. The second-order valence-electron chi connectivity index (χ2n) is 4.14. The van der Waals surface area contributed by atoms with Crippen LogP contribution in [0.2, 0.25) is 0 Å². The first-order valence-electron chi connectivity index (χ1n) is 5.36. The molecule has 0 spiro atoms. The largest absolute Gasteiger partial charge is 0.369 e. The van der Waals surface area contributed by atoms with Gasteiger partial charge in [0.1, 0.15) is 11.6 Å². The summed E-state index contributed by atoms with van der Waals surface area (Å²) in [6.45, 7) is 0. The minimum atomic E-state index is -0.518. The van der Waals surface area contributed by atoms with Crippen molar-refractivity contribution in [1.82, 2.24) is 0 Å². The van der Waals surface area contributed by atoms with E-state index < -0.39 is 11.6 Å². The second kappa shape index (κ2) is 4.17. The Morgan fingerprint density at radius 2 is 1.87 bits per heavy atom. The fourth-order valence-corrected chi connectivity index (χ4v) is 2.26. The molecule has 15 heavy (non-hydrogen) atoms. The molecule has 1 saturated carbocycles. The van der Waals surface area contributed by atoms with Crippen molar-refractivity contribution in [1.29, 1.82) is 0 Å². The number of hydrogen-bond donors (Lipinski definition) is 0. The molecule has 1 fully saturated rings. The van der Waals surface area contributed by atoms with Gasteiger partial charge in [0.2, 0.25) is 0 Å². The molecule has 0 aliphatic heterocycles. The summed E-state index contributed by atoms with van der Waals surface area (Å²) < 4.78 is 26.2. The van der Waals surface area contributed by atoms with E-state index in [-0.39, 0.29) is 0 Å². The molecule has 0 bridgehead atoms. The predicted octanol–water partition coefficient (Wildman–Crippen LogP) is 3.34. The van der Waals surface area contributed by atoms with Crippen LogP contribution in [-0.2, 0) is 0 Å². The normalized spacial score (nSPS) is 17.0. The zero-order valence-corrected chi connectivity index (χ0v) is 8.84. The van der Waals surface area contributed by atoms with Crippen LogP contribution in [0.5, 0.6) is 0 Å². The Balaban J connectivity index is 2.20. The number of benzene rings is 1. The zero-order chi connectivity index (χ0) is 10.8. The van der Waals surface area contributed by atoms with Gasteiger partial charge in [-0.1, -0.05) is 12.8 Å². The average molecular weight is 211 g/mol. The van der Waals surface area contributed by atoms with Gasteiger partial charge in [-0.2, -0.15) is 0 Å². The average Bonchev–Trinajstić information content (AvgIpc) is 2.69. The van der Waals surface area contributed by atoms with Crippen LogP contribution in [0.25, 0.3) is 0 Å². The monoisotopic (exact) mass is 211 g/mol. The van der Waals surface area contributed by atoms with E-state index >= 15 is 0 Å². The molecule has 0 amide bonds. The maximum Gasteiger partial charge on any atom is 0.149 e. The molecule has 1 nitrogen and oxygen atoms in total. The van der Waals surface area contributed by atoms with Crippen molar-refractivity contribution in [2.45, 2.75) is 31.7 Å². The molecule has 0 atom stereocenters. The quantitative estimate of drug-likeness (QED) is 0.725. The molecule has 1 aromatic carbocycles. The van der Waals surface area contributed by atoms with Crippen LogP contribution >= 0.6 is 0 Å². The third-order valence-corrected chi connectivity index (χ3v) is 3.16. The molecular formula is C12H15F2N. The summed E-state index contributed by atoms with van der Waals surface area (Å²) >= 11 is 0. The Labute approximate surface area is 88.7 Å². The van der Waals surface area contributed by atoms with Gasteiger partial charge in [0.15, 0.2) is 0 Å². The lowest BCUT2D eigenvalue weighted by Crippen LogP contribution is -2.29. The highest BCUT2D eigenvalue weighted by Gasteiger charge is 2.21. The molecule has 1 aliphatic carbocycles. The van der Waals surface area contributed by atoms with Crippen LogP contribution in [-0.4, -0.2) is 13.1 Å². The fourth-order valence-electron chi connectivity index (χ4n) is 2.26. The Hall–Kier alpha value is -1.12. The summed E-state index contributed by atoms with van der Waals surface area (Å²) in [6, 6.07) is 4.18. The molecule has 1 aliphatic rings. The van der Waals surface area contributed by atoms with E-state index in [2.05, 4.69) is 0 Å². The molecule has 1 aromatic rings.